The number of likely N-dealkylation sites (tertiary alicyclic amines) is 1. The van der Waals surface area contributed by atoms with Gasteiger partial charge in [-0.1, -0.05) is 42.5 Å². The minimum absolute atomic E-state index is 0.0604. The third-order valence-corrected chi connectivity index (χ3v) is 6.39. The van der Waals surface area contributed by atoms with E-state index in [4.69, 9.17) is 9.47 Å². The van der Waals surface area contributed by atoms with Gasteiger partial charge >= 0.3 is 12.0 Å². The lowest BCUT2D eigenvalue weighted by Gasteiger charge is -2.36. The van der Waals surface area contributed by atoms with Crippen LogP contribution in [0.1, 0.15) is 56.7 Å². The zero-order valence-electron chi connectivity index (χ0n) is 20.8. The van der Waals surface area contributed by atoms with Crippen LogP contribution in [0.3, 0.4) is 0 Å². The van der Waals surface area contributed by atoms with E-state index in [2.05, 4.69) is 39.8 Å². The Bertz CT molecular complexity index is 1050. The van der Waals surface area contributed by atoms with Crippen LogP contribution >= 0.6 is 0 Å². The van der Waals surface area contributed by atoms with E-state index in [1.165, 1.54) is 5.56 Å². The number of carbonyl (C=O) groups is 2. The summed E-state index contributed by atoms with van der Waals surface area (Å²) in [5.74, 6) is 0.753. The van der Waals surface area contributed by atoms with Gasteiger partial charge in [0.25, 0.3) is 0 Å². The molecule has 0 spiro atoms. The summed E-state index contributed by atoms with van der Waals surface area (Å²) in [5, 5.41) is 5.82. The number of ether oxygens (including phenoxy) is 2. The van der Waals surface area contributed by atoms with E-state index in [0.29, 0.717) is 23.7 Å². The Kier molecular flexibility index (Phi) is 8.08. The van der Waals surface area contributed by atoms with Gasteiger partial charge in [0.1, 0.15) is 5.75 Å². The molecule has 2 aliphatic heterocycles. The molecule has 0 bridgehead atoms. The molecular formula is C28H35N3O4. The van der Waals surface area contributed by atoms with E-state index in [1.807, 2.05) is 44.2 Å². The van der Waals surface area contributed by atoms with Gasteiger partial charge in [-0.15, -0.1) is 0 Å². The van der Waals surface area contributed by atoms with Crippen LogP contribution in [0.2, 0.25) is 0 Å². The molecule has 2 unspecified atom stereocenters. The quantitative estimate of drug-likeness (QED) is 0.547. The van der Waals surface area contributed by atoms with Crippen LogP contribution in [0.5, 0.6) is 5.75 Å². The molecule has 7 nitrogen and oxygen atoms in total. The van der Waals surface area contributed by atoms with Gasteiger partial charge in [0.2, 0.25) is 0 Å². The van der Waals surface area contributed by atoms with Gasteiger partial charge in [-0.2, -0.15) is 0 Å². The van der Waals surface area contributed by atoms with Crippen LogP contribution in [0.4, 0.5) is 4.79 Å². The second-order valence-corrected chi connectivity index (χ2v) is 9.36. The van der Waals surface area contributed by atoms with Crippen molar-refractivity contribution >= 4 is 12.0 Å². The van der Waals surface area contributed by atoms with E-state index < -0.39 is 12.0 Å². The second kappa shape index (κ2) is 11.4. The number of esters is 1. The highest BCUT2D eigenvalue weighted by atomic mass is 16.5. The molecule has 2 N–H and O–H groups in total. The van der Waals surface area contributed by atoms with Crippen molar-refractivity contribution in [2.24, 2.45) is 0 Å². The number of piperidine rings is 1. The summed E-state index contributed by atoms with van der Waals surface area (Å²) in [4.78, 5) is 28.1. The summed E-state index contributed by atoms with van der Waals surface area (Å²) in [7, 11) is 0. The maximum atomic E-state index is 13.1. The molecule has 0 aromatic heterocycles. The molecule has 1 saturated heterocycles. The number of carbonyl (C=O) groups excluding carboxylic acids is 2. The van der Waals surface area contributed by atoms with Gasteiger partial charge in [0.05, 0.1) is 24.3 Å². The minimum atomic E-state index is -0.597. The minimum Gasteiger partial charge on any atom is -0.491 e. The van der Waals surface area contributed by atoms with E-state index in [0.717, 1.165) is 37.2 Å². The highest BCUT2D eigenvalue weighted by Crippen LogP contribution is 2.31. The maximum absolute atomic E-state index is 13.1. The molecule has 7 heteroatoms. The average Bonchev–Trinajstić information content (AvgIpc) is 2.84. The molecule has 186 valence electrons. The SMILES string of the molecule is CCOC(=O)C1=C(CN2CCCC(c3ccccc3)C2)NC(=O)NC1c1ccc(OC(C)C)cc1. The molecule has 2 atom stereocenters. The predicted octanol–water partition coefficient (Wildman–Crippen LogP) is 4.52. The number of rotatable bonds is 8. The fraction of sp³-hybridized carbons (Fsp3) is 0.429. The molecule has 35 heavy (non-hydrogen) atoms. The van der Waals surface area contributed by atoms with Crippen molar-refractivity contribution in [3.63, 3.8) is 0 Å². The Labute approximate surface area is 207 Å². The lowest BCUT2D eigenvalue weighted by molar-refractivity contribution is -0.139. The van der Waals surface area contributed by atoms with Crippen LogP contribution in [0, 0.1) is 0 Å². The highest BCUT2D eigenvalue weighted by Gasteiger charge is 2.35. The van der Waals surface area contributed by atoms with Crippen molar-refractivity contribution in [1.29, 1.82) is 0 Å². The summed E-state index contributed by atoms with van der Waals surface area (Å²) in [6.45, 7) is 8.26. The molecule has 2 aromatic rings. The topological polar surface area (TPSA) is 79.9 Å². The fourth-order valence-electron chi connectivity index (χ4n) is 4.87. The van der Waals surface area contributed by atoms with Gasteiger partial charge < -0.3 is 20.1 Å². The van der Waals surface area contributed by atoms with Crippen LogP contribution in [-0.4, -0.2) is 49.2 Å². The third-order valence-electron chi connectivity index (χ3n) is 6.39. The van der Waals surface area contributed by atoms with Crippen molar-refractivity contribution in [2.75, 3.05) is 26.2 Å². The standard InChI is InChI=1S/C28H35N3O4/c1-4-34-27(32)25-24(18-31-16-8-11-22(17-31)20-9-6-5-7-10-20)29-28(33)30-26(25)21-12-14-23(15-13-21)35-19(2)3/h5-7,9-10,12-15,19,22,26H,4,8,11,16-18H2,1-3H3,(H2,29,30,33). The first kappa shape index (κ1) is 24.8. The highest BCUT2D eigenvalue weighted by molar-refractivity contribution is 5.95. The summed E-state index contributed by atoms with van der Waals surface area (Å²) < 4.78 is 11.2. The Morgan fingerprint density at radius 3 is 2.51 bits per heavy atom. The van der Waals surface area contributed by atoms with E-state index in [9.17, 15) is 9.59 Å². The van der Waals surface area contributed by atoms with Crippen molar-refractivity contribution in [3.8, 4) is 5.75 Å². The number of nitrogens with one attached hydrogen (secondary N) is 2. The van der Waals surface area contributed by atoms with Crippen LogP contribution in [-0.2, 0) is 9.53 Å². The Morgan fingerprint density at radius 2 is 1.83 bits per heavy atom. The number of hydrogen-bond acceptors (Lipinski definition) is 5. The number of nitrogens with zero attached hydrogens (tertiary/aromatic N) is 1. The van der Waals surface area contributed by atoms with Crippen molar-refractivity contribution in [1.82, 2.24) is 15.5 Å². The lowest BCUT2D eigenvalue weighted by Crippen LogP contribution is -2.49. The van der Waals surface area contributed by atoms with E-state index >= 15 is 0 Å². The number of urea groups is 1. The molecule has 1 fully saturated rings. The average molecular weight is 478 g/mol. The lowest BCUT2D eigenvalue weighted by atomic mass is 9.90. The van der Waals surface area contributed by atoms with Gasteiger partial charge in [-0.25, -0.2) is 9.59 Å². The van der Waals surface area contributed by atoms with Crippen LogP contribution < -0.4 is 15.4 Å². The summed E-state index contributed by atoms with van der Waals surface area (Å²) >= 11 is 0. The fourth-order valence-corrected chi connectivity index (χ4v) is 4.87. The van der Waals surface area contributed by atoms with Crippen molar-refractivity contribution < 1.29 is 19.1 Å². The van der Waals surface area contributed by atoms with E-state index in [1.54, 1.807) is 6.92 Å². The molecule has 2 aliphatic rings. The van der Waals surface area contributed by atoms with Gasteiger partial charge in [0.15, 0.2) is 0 Å². The van der Waals surface area contributed by atoms with Crippen molar-refractivity contribution in [2.45, 2.75) is 51.7 Å². The summed E-state index contributed by atoms with van der Waals surface area (Å²) in [6.07, 6.45) is 2.26. The van der Waals surface area contributed by atoms with E-state index in [-0.39, 0.29) is 18.7 Å². The molecule has 0 radical (unpaired) electrons. The number of hydrogen-bond donors (Lipinski definition) is 2. The Balaban J connectivity index is 1.61. The summed E-state index contributed by atoms with van der Waals surface area (Å²) in [5.41, 5.74) is 3.18. The number of amides is 2. The smallest absolute Gasteiger partial charge is 0.338 e. The molecule has 2 heterocycles. The monoisotopic (exact) mass is 477 g/mol. The molecule has 2 amide bonds. The first-order valence-corrected chi connectivity index (χ1v) is 12.5. The largest absolute Gasteiger partial charge is 0.491 e. The van der Waals surface area contributed by atoms with Gasteiger partial charge in [-0.3, -0.25) is 4.90 Å². The first-order chi connectivity index (χ1) is 16.9. The van der Waals surface area contributed by atoms with Crippen LogP contribution in [0.25, 0.3) is 0 Å². The molecular weight excluding hydrogens is 442 g/mol. The molecule has 0 aliphatic carbocycles. The first-order valence-electron chi connectivity index (χ1n) is 12.5. The zero-order valence-corrected chi connectivity index (χ0v) is 20.8. The molecule has 2 aromatic carbocycles. The third kappa shape index (κ3) is 6.22. The van der Waals surface area contributed by atoms with Gasteiger partial charge in [-0.05, 0) is 69.3 Å². The maximum Gasteiger partial charge on any atom is 0.338 e. The summed E-state index contributed by atoms with van der Waals surface area (Å²) in [6, 6.07) is 17.1. The number of benzene rings is 2. The Hall–Kier alpha value is -3.32. The second-order valence-electron chi connectivity index (χ2n) is 9.36. The molecule has 0 saturated carbocycles. The predicted molar refractivity (Wildman–Crippen MR) is 135 cm³/mol. The Morgan fingerprint density at radius 1 is 1.09 bits per heavy atom. The zero-order chi connectivity index (χ0) is 24.8. The normalized spacial score (nSPS) is 20.9. The van der Waals surface area contributed by atoms with Crippen molar-refractivity contribution in [3.05, 3.63) is 77.0 Å². The van der Waals surface area contributed by atoms with Gasteiger partial charge in [0, 0.05) is 18.8 Å². The molecule has 4 rings (SSSR count). The van der Waals surface area contributed by atoms with Crippen LogP contribution in [0.15, 0.2) is 65.9 Å².